The van der Waals surface area contributed by atoms with Crippen molar-refractivity contribution in [3.05, 3.63) is 0 Å². The van der Waals surface area contributed by atoms with Crippen molar-refractivity contribution in [2.75, 3.05) is 25.4 Å². The third-order valence-corrected chi connectivity index (χ3v) is 3.92. The minimum Gasteiger partial charge on any atom is -0.355 e. The summed E-state index contributed by atoms with van der Waals surface area (Å²) >= 11 is 0. The molecule has 0 saturated carbocycles. The first kappa shape index (κ1) is 17.3. The van der Waals surface area contributed by atoms with Crippen LogP contribution in [0.15, 0.2) is 0 Å². The number of nitrogens with two attached hydrogens (primary N) is 1. The van der Waals surface area contributed by atoms with E-state index >= 15 is 0 Å². The Kier molecular flexibility index (Phi) is 8.13. The van der Waals surface area contributed by atoms with E-state index < -0.39 is 10.0 Å². The fraction of sp³-hybridized carbons (Fsp3) is 0.909. The molecule has 0 aliphatic rings. The van der Waals surface area contributed by atoms with Crippen LogP contribution in [0.1, 0.15) is 27.2 Å². The van der Waals surface area contributed by atoms with Crippen LogP contribution in [0.4, 0.5) is 0 Å². The summed E-state index contributed by atoms with van der Waals surface area (Å²) in [6.07, 6.45) is 0.711. The smallest absolute Gasteiger partial charge is 0.224 e. The zero-order valence-electron chi connectivity index (χ0n) is 11.4. The minimum absolute atomic E-state index is 0.106. The topological polar surface area (TPSA) is 101 Å². The van der Waals surface area contributed by atoms with Crippen molar-refractivity contribution in [3.8, 4) is 0 Å². The maximum Gasteiger partial charge on any atom is 0.224 e. The van der Waals surface area contributed by atoms with Crippen molar-refractivity contribution in [2.45, 2.75) is 27.2 Å². The molecule has 0 spiro atoms. The predicted molar refractivity (Wildman–Crippen MR) is 72.5 cm³/mol. The maximum absolute atomic E-state index is 11.7. The minimum atomic E-state index is -3.28. The van der Waals surface area contributed by atoms with E-state index in [0.29, 0.717) is 18.9 Å². The highest BCUT2D eigenvalue weighted by molar-refractivity contribution is 7.89. The average Bonchev–Trinajstić information content (AvgIpc) is 2.24. The molecule has 0 rings (SSSR count). The molecule has 0 aliphatic carbocycles. The first-order valence-corrected chi connectivity index (χ1v) is 7.92. The molecule has 6 nitrogen and oxygen atoms in total. The highest BCUT2D eigenvalue weighted by Gasteiger charge is 2.18. The van der Waals surface area contributed by atoms with Gasteiger partial charge in [0.05, 0.1) is 11.7 Å². The Morgan fingerprint density at radius 3 is 2.39 bits per heavy atom. The molecule has 1 unspecified atom stereocenters. The summed E-state index contributed by atoms with van der Waals surface area (Å²) in [4.78, 5) is 11.7. The van der Waals surface area contributed by atoms with Crippen LogP contribution in [0.2, 0.25) is 0 Å². The van der Waals surface area contributed by atoms with Gasteiger partial charge in [0.1, 0.15) is 0 Å². The second-order valence-electron chi connectivity index (χ2n) is 4.67. The highest BCUT2D eigenvalue weighted by Crippen LogP contribution is 2.10. The van der Waals surface area contributed by atoms with E-state index in [0.717, 1.165) is 0 Å². The van der Waals surface area contributed by atoms with Crippen LogP contribution >= 0.6 is 0 Å². The Labute approximate surface area is 110 Å². The van der Waals surface area contributed by atoms with Gasteiger partial charge in [0.15, 0.2) is 0 Å². The van der Waals surface area contributed by atoms with Gasteiger partial charge in [-0.25, -0.2) is 13.1 Å². The maximum atomic E-state index is 11.7. The number of nitrogens with one attached hydrogen (secondary N) is 2. The normalized spacial score (nSPS) is 13.6. The first-order valence-electron chi connectivity index (χ1n) is 6.27. The summed E-state index contributed by atoms with van der Waals surface area (Å²) in [6, 6.07) is 0. The van der Waals surface area contributed by atoms with Gasteiger partial charge in [0.2, 0.25) is 15.9 Å². The van der Waals surface area contributed by atoms with E-state index in [-0.39, 0.29) is 30.7 Å². The molecule has 0 aromatic carbocycles. The summed E-state index contributed by atoms with van der Waals surface area (Å²) < 4.78 is 25.1. The third-order valence-electron chi connectivity index (χ3n) is 2.45. The fourth-order valence-electron chi connectivity index (χ4n) is 1.62. The van der Waals surface area contributed by atoms with Gasteiger partial charge in [-0.15, -0.1) is 0 Å². The van der Waals surface area contributed by atoms with Gasteiger partial charge in [-0.3, -0.25) is 4.79 Å². The van der Waals surface area contributed by atoms with Gasteiger partial charge >= 0.3 is 0 Å². The monoisotopic (exact) mass is 279 g/mol. The zero-order valence-corrected chi connectivity index (χ0v) is 12.2. The van der Waals surface area contributed by atoms with Crippen molar-refractivity contribution in [1.82, 2.24) is 10.0 Å². The zero-order chi connectivity index (χ0) is 14.2. The van der Waals surface area contributed by atoms with Gasteiger partial charge in [0, 0.05) is 19.6 Å². The highest BCUT2D eigenvalue weighted by atomic mass is 32.2. The second-order valence-corrected chi connectivity index (χ2v) is 6.60. The van der Waals surface area contributed by atoms with Crippen molar-refractivity contribution in [1.29, 1.82) is 0 Å². The predicted octanol–water partition coefficient (Wildman–Crippen LogP) is -0.337. The van der Waals surface area contributed by atoms with E-state index in [9.17, 15) is 13.2 Å². The lowest BCUT2D eigenvalue weighted by Gasteiger charge is -2.16. The van der Waals surface area contributed by atoms with Crippen LogP contribution in [0, 0.1) is 11.8 Å². The van der Waals surface area contributed by atoms with Crippen molar-refractivity contribution in [3.63, 3.8) is 0 Å². The molecule has 4 N–H and O–H groups in total. The molecule has 0 saturated heterocycles. The summed E-state index contributed by atoms with van der Waals surface area (Å²) in [5.74, 6) is -0.134. The number of hydrogen-bond acceptors (Lipinski definition) is 4. The molecule has 0 heterocycles. The van der Waals surface area contributed by atoms with Crippen LogP contribution in [-0.2, 0) is 14.8 Å². The van der Waals surface area contributed by atoms with Crippen molar-refractivity contribution >= 4 is 15.9 Å². The van der Waals surface area contributed by atoms with Crippen LogP contribution in [0.5, 0.6) is 0 Å². The number of carbonyl (C=O) groups is 1. The van der Waals surface area contributed by atoms with Crippen LogP contribution < -0.4 is 15.8 Å². The Morgan fingerprint density at radius 2 is 1.94 bits per heavy atom. The summed E-state index contributed by atoms with van der Waals surface area (Å²) in [7, 11) is -3.28. The number of sulfonamides is 1. The molecule has 0 radical (unpaired) electrons. The second kappa shape index (κ2) is 8.44. The molecule has 0 aromatic heterocycles. The summed E-state index contributed by atoms with van der Waals surface area (Å²) in [6.45, 7) is 6.50. The number of hydrogen-bond donors (Lipinski definition) is 3. The largest absolute Gasteiger partial charge is 0.355 e. The first-order chi connectivity index (χ1) is 8.32. The number of rotatable bonds is 9. The van der Waals surface area contributed by atoms with Gasteiger partial charge in [-0.2, -0.15) is 0 Å². The molecule has 7 heteroatoms. The molecule has 0 aromatic rings. The van der Waals surface area contributed by atoms with E-state index in [2.05, 4.69) is 10.0 Å². The lowest BCUT2D eigenvalue weighted by molar-refractivity contribution is -0.125. The molecule has 1 amide bonds. The van der Waals surface area contributed by atoms with Gasteiger partial charge < -0.3 is 11.1 Å². The number of carbonyl (C=O) groups excluding carboxylic acids is 1. The van der Waals surface area contributed by atoms with E-state index in [1.54, 1.807) is 6.92 Å². The molecule has 0 fully saturated rings. The molecule has 0 aliphatic heterocycles. The summed E-state index contributed by atoms with van der Waals surface area (Å²) in [5.41, 5.74) is 5.54. The SMILES string of the molecule is CCNS(=O)(=O)CCNC(=O)C(CN)CC(C)C. The lowest BCUT2D eigenvalue weighted by atomic mass is 9.96. The van der Waals surface area contributed by atoms with E-state index in [4.69, 9.17) is 5.73 Å². The van der Waals surface area contributed by atoms with Crippen molar-refractivity contribution in [2.24, 2.45) is 17.6 Å². The van der Waals surface area contributed by atoms with Crippen LogP contribution in [0.25, 0.3) is 0 Å². The van der Waals surface area contributed by atoms with Gasteiger partial charge in [-0.1, -0.05) is 20.8 Å². The Hall–Kier alpha value is -0.660. The van der Waals surface area contributed by atoms with Crippen LogP contribution in [-0.4, -0.2) is 39.7 Å². The molecular weight excluding hydrogens is 254 g/mol. The summed E-state index contributed by atoms with van der Waals surface area (Å²) in [5, 5.41) is 2.62. The molecule has 1 atom stereocenters. The third kappa shape index (κ3) is 7.62. The Balaban J connectivity index is 4.09. The molecule has 0 bridgehead atoms. The number of amides is 1. The average molecular weight is 279 g/mol. The molecule has 108 valence electrons. The quantitative estimate of drug-likeness (QED) is 0.537. The Morgan fingerprint density at radius 1 is 1.33 bits per heavy atom. The molecular formula is C11H25N3O3S. The van der Waals surface area contributed by atoms with Gasteiger partial charge in [-0.05, 0) is 12.3 Å². The van der Waals surface area contributed by atoms with Gasteiger partial charge in [0.25, 0.3) is 0 Å². The van der Waals surface area contributed by atoms with Crippen molar-refractivity contribution < 1.29 is 13.2 Å². The van der Waals surface area contributed by atoms with E-state index in [1.165, 1.54) is 0 Å². The fourth-order valence-corrected chi connectivity index (χ4v) is 2.58. The van der Waals surface area contributed by atoms with E-state index in [1.807, 2.05) is 13.8 Å². The molecule has 18 heavy (non-hydrogen) atoms. The standard InChI is InChI=1S/C11H25N3O3S/c1-4-14-18(16,17)6-5-13-11(15)10(8-12)7-9(2)3/h9-10,14H,4-8,12H2,1-3H3,(H,13,15). The Bertz CT molecular complexity index is 341. The van der Waals surface area contributed by atoms with Crippen LogP contribution in [0.3, 0.4) is 0 Å². The lowest BCUT2D eigenvalue weighted by Crippen LogP contribution is -2.39.